The molecule has 0 saturated heterocycles. The van der Waals surface area contributed by atoms with E-state index in [2.05, 4.69) is 17.6 Å². The van der Waals surface area contributed by atoms with Crippen LogP contribution in [0.25, 0.3) is 6.08 Å². The summed E-state index contributed by atoms with van der Waals surface area (Å²) < 4.78 is 5.25. The summed E-state index contributed by atoms with van der Waals surface area (Å²) in [4.78, 5) is 26.9. The van der Waals surface area contributed by atoms with E-state index in [0.717, 1.165) is 35.5 Å². The highest BCUT2D eigenvalue weighted by Gasteiger charge is 2.25. The van der Waals surface area contributed by atoms with Crippen molar-refractivity contribution in [3.05, 3.63) is 58.5 Å². The predicted octanol–water partition coefficient (Wildman–Crippen LogP) is 5.09. The molecule has 1 heterocycles. The number of ether oxygens (including phenoxy) is 1. The second-order valence-corrected chi connectivity index (χ2v) is 8.98. The maximum absolute atomic E-state index is 12.7. The molecule has 2 aromatic rings. The summed E-state index contributed by atoms with van der Waals surface area (Å²) in [6.07, 6.45) is 6.43. The first-order chi connectivity index (χ1) is 14.5. The minimum atomic E-state index is -0.172. The Kier molecular flexibility index (Phi) is 6.13. The number of nitrogens with one attached hydrogen (secondary N) is 2. The molecule has 0 unspecified atom stereocenters. The molecule has 5 nitrogen and oxygen atoms in total. The number of anilines is 1. The highest BCUT2D eigenvalue weighted by molar-refractivity contribution is 8.04. The molecule has 1 aliphatic carbocycles. The fourth-order valence-electron chi connectivity index (χ4n) is 3.97. The minimum Gasteiger partial charge on any atom is -0.497 e. The van der Waals surface area contributed by atoms with Crippen LogP contribution in [0.5, 0.6) is 5.75 Å². The van der Waals surface area contributed by atoms with Crippen LogP contribution in [-0.4, -0.2) is 25.0 Å². The van der Waals surface area contributed by atoms with Crippen molar-refractivity contribution < 1.29 is 14.3 Å². The van der Waals surface area contributed by atoms with Gasteiger partial charge in [-0.3, -0.25) is 9.59 Å². The minimum absolute atomic E-state index is 0.0754. The first kappa shape index (κ1) is 20.5. The van der Waals surface area contributed by atoms with Crippen LogP contribution in [0, 0.1) is 5.92 Å². The van der Waals surface area contributed by atoms with Crippen LogP contribution in [0.2, 0.25) is 0 Å². The Hall–Kier alpha value is -2.73. The number of carbonyl (C=O) groups excluding carboxylic acids is 2. The quantitative estimate of drug-likeness (QED) is 0.674. The van der Waals surface area contributed by atoms with Crippen molar-refractivity contribution in [2.24, 2.45) is 5.92 Å². The summed E-state index contributed by atoms with van der Waals surface area (Å²) in [5, 5.41) is 6.10. The van der Waals surface area contributed by atoms with Crippen molar-refractivity contribution in [2.45, 2.75) is 43.5 Å². The third kappa shape index (κ3) is 4.54. The van der Waals surface area contributed by atoms with E-state index in [4.69, 9.17) is 4.74 Å². The van der Waals surface area contributed by atoms with E-state index in [1.165, 1.54) is 18.2 Å². The molecule has 0 spiro atoms. The smallest absolute Gasteiger partial charge is 0.262 e. The van der Waals surface area contributed by atoms with Gasteiger partial charge in [0.15, 0.2) is 0 Å². The van der Waals surface area contributed by atoms with Gasteiger partial charge in [-0.15, -0.1) is 0 Å². The summed E-state index contributed by atoms with van der Waals surface area (Å²) in [6.45, 7) is 2.20. The van der Waals surface area contributed by atoms with Gasteiger partial charge in [0, 0.05) is 16.5 Å². The van der Waals surface area contributed by atoms with Crippen LogP contribution in [0.3, 0.4) is 0 Å². The third-order valence-electron chi connectivity index (χ3n) is 5.75. The van der Waals surface area contributed by atoms with E-state index in [1.807, 2.05) is 42.5 Å². The number of thioether (sulfide) groups is 1. The van der Waals surface area contributed by atoms with E-state index < -0.39 is 0 Å². The molecule has 4 rings (SSSR count). The Morgan fingerprint density at radius 1 is 1.20 bits per heavy atom. The van der Waals surface area contributed by atoms with Crippen molar-refractivity contribution in [2.75, 3.05) is 12.4 Å². The Bertz CT molecular complexity index is 1000. The zero-order valence-corrected chi connectivity index (χ0v) is 18.1. The van der Waals surface area contributed by atoms with Gasteiger partial charge in [0.05, 0.1) is 17.7 Å². The number of benzene rings is 2. The number of methoxy groups -OCH3 is 1. The van der Waals surface area contributed by atoms with Gasteiger partial charge in [-0.25, -0.2) is 0 Å². The van der Waals surface area contributed by atoms with Crippen molar-refractivity contribution in [3.8, 4) is 5.75 Å². The maximum atomic E-state index is 12.7. The van der Waals surface area contributed by atoms with Gasteiger partial charge in [0.25, 0.3) is 11.8 Å². The van der Waals surface area contributed by atoms with Crippen molar-refractivity contribution in [1.29, 1.82) is 0 Å². The monoisotopic (exact) mass is 422 g/mol. The molecule has 2 aliphatic rings. The van der Waals surface area contributed by atoms with E-state index in [-0.39, 0.29) is 17.9 Å². The molecule has 2 amide bonds. The average molecular weight is 423 g/mol. The predicted molar refractivity (Wildman–Crippen MR) is 121 cm³/mol. The van der Waals surface area contributed by atoms with Gasteiger partial charge in [-0.1, -0.05) is 43.7 Å². The number of fused-ring (bicyclic) bond motifs is 1. The van der Waals surface area contributed by atoms with Crippen molar-refractivity contribution in [1.82, 2.24) is 5.32 Å². The first-order valence-corrected chi connectivity index (χ1v) is 11.1. The van der Waals surface area contributed by atoms with Crippen LogP contribution >= 0.6 is 11.8 Å². The van der Waals surface area contributed by atoms with Crippen LogP contribution in [0.15, 0.2) is 52.3 Å². The molecule has 1 aliphatic heterocycles. The number of rotatable bonds is 4. The van der Waals surface area contributed by atoms with Crippen LogP contribution in [0.1, 0.15) is 48.5 Å². The molecule has 6 heteroatoms. The largest absolute Gasteiger partial charge is 0.497 e. The summed E-state index contributed by atoms with van der Waals surface area (Å²) in [6, 6.07) is 13.3. The van der Waals surface area contributed by atoms with Gasteiger partial charge < -0.3 is 15.4 Å². The summed E-state index contributed by atoms with van der Waals surface area (Å²) in [5.74, 6) is 0.996. The molecule has 30 heavy (non-hydrogen) atoms. The standard InChI is InChI=1S/C24H26N2O3S/c1-15-6-3-4-9-19(15)25-23(27)17-10-11-21-20(14-17)26-24(28)22(30-21)13-16-7-5-8-18(12-16)29-2/h5,7-8,10-15,19H,3-4,6,9H2,1-2H3,(H,25,27)(H,26,28)/b22-13+/t15-,19+/m0/s1. The van der Waals surface area contributed by atoms with Crippen molar-refractivity contribution in [3.63, 3.8) is 0 Å². The van der Waals surface area contributed by atoms with E-state index in [1.54, 1.807) is 13.2 Å². The van der Waals surface area contributed by atoms with Crippen LogP contribution in [-0.2, 0) is 4.79 Å². The third-order valence-corrected chi connectivity index (χ3v) is 6.85. The van der Waals surface area contributed by atoms with Gasteiger partial charge in [0.1, 0.15) is 5.75 Å². The van der Waals surface area contributed by atoms with Gasteiger partial charge in [-0.2, -0.15) is 0 Å². The van der Waals surface area contributed by atoms with Gasteiger partial charge in [0.2, 0.25) is 0 Å². The number of carbonyl (C=O) groups is 2. The topological polar surface area (TPSA) is 67.4 Å². The average Bonchev–Trinajstić information content (AvgIpc) is 2.75. The zero-order chi connectivity index (χ0) is 21.1. The zero-order valence-electron chi connectivity index (χ0n) is 17.2. The summed E-state index contributed by atoms with van der Waals surface area (Å²) >= 11 is 1.41. The summed E-state index contributed by atoms with van der Waals surface area (Å²) in [7, 11) is 1.62. The summed E-state index contributed by atoms with van der Waals surface area (Å²) in [5.41, 5.74) is 2.15. The molecule has 2 aromatic carbocycles. The maximum Gasteiger partial charge on any atom is 0.262 e. The molecule has 1 saturated carbocycles. The van der Waals surface area contributed by atoms with E-state index in [0.29, 0.717) is 22.1 Å². The molecule has 0 aromatic heterocycles. The number of hydrogen-bond acceptors (Lipinski definition) is 4. The lowest BCUT2D eigenvalue weighted by molar-refractivity contribution is -0.112. The Balaban J connectivity index is 1.50. The molecule has 2 atom stereocenters. The van der Waals surface area contributed by atoms with Gasteiger partial charge >= 0.3 is 0 Å². The van der Waals surface area contributed by atoms with Crippen LogP contribution < -0.4 is 15.4 Å². The second-order valence-electron chi connectivity index (χ2n) is 7.89. The Labute approximate surface area is 181 Å². The molecule has 156 valence electrons. The van der Waals surface area contributed by atoms with Crippen molar-refractivity contribution >= 4 is 35.3 Å². The Morgan fingerprint density at radius 3 is 2.83 bits per heavy atom. The molecular weight excluding hydrogens is 396 g/mol. The lowest BCUT2D eigenvalue weighted by atomic mass is 9.86. The molecule has 1 fully saturated rings. The lowest BCUT2D eigenvalue weighted by Gasteiger charge is -2.29. The molecule has 2 N–H and O–H groups in total. The number of amides is 2. The first-order valence-electron chi connectivity index (χ1n) is 10.3. The SMILES string of the molecule is COc1cccc(/C=C2/Sc3ccc(C(=O)N[C@@H]4CCCC[C@@H]4C)cc3NC2=O)c1. The molecule has 0 radical (unpaired) electrons. The number of hydrogen-bond donors (Lipinski definition) is 2. The van der Waals surface area contributed by atoms with Crippen LogP contribution in [0.4, 0.5) is 5.69 Å². The lowest BCUT2D eigenvalue weighted by Crippen LogP contribution is -2.41. The second kappa shape index (κ2) is 8.96. The molecule has 0 bridgehead atoms. The Morgan fingerprint density at radius 2 is 2.03 bits per heavy atom. The van der Waals surface area contributed by atoms with E-state index in [9.17, 15) is 9.59 Å². The normalized spacial score (nSPS) is 22.2. The fraction of sp³-hybridized carbons (Fsp3) is 0.333. The molecular formula is C24H26N2O3S. The van der Waals surface area contributed by atoms with E-state index >= 15 is 0 Å². The van der Waals surface area contributed by atoms with Gasteiger partial charge in [-0.05, 0) is 60.7 Å². The highest BCUT2D eigenvalue weighted by Crippen LogP contribution is 2.39. The fourth-order valence-corrected chi connectivity index (χ4v) is 4.90. The highest BCUT2D eigenvalue weighted by atomic mass is 32.2.